The van der Waals surface area contributed by atoms with Crippen LogP contribution in [0.15, 0.2) is 54.6 Å². The molecule has 228 valence electrons. The zero-order valence-electron chi connectivity index (χ0n) is 25.0. The van der Waals surface area contributed by atoms with Crippen molar-refractivity contribution in [2.24, 2.45) is 0 Å². The molecule has 0 aliphatic rings. The van der Waals surface area contributed by atoms with E-state index < -0.39 is 17.9 Å². The van der Waals surface area contributed by atoms with Crippen molar-refractivity contribution in [3.8, 4) is 5.75 Å². The van der Waals surface area contributed by atoms with Crippen molar-refractivity contribution in [2.45, 2.75) is 96.9 Å². The normalized spacial score (nSPS) is 11.9. The number of nitrogens with zero attached hydrogens (tertiary/aromatic N) is 1. The second-order valence-electron chi connectivity index (χ2n) is 11.0. The quantitative estimate of drug-likeness (QED) is 0.114. The molecular formula is C35H45Cl2NO4. The van der Waals surface area contributed by atoms with Crippen molar-refractivity contribution >= 4 is 45.9 Å². The van der Waals surface area contributed by atoms with E-state index in [0.717, 1.165) is 40.5 Å². The summed E-state index contributed by atoms with van der Waals surface area (Å²) in [6.45, 7) is 5.11. The highest BCUT2D eigenvalue weighted by Crippen LogP contribution is 2.36. The Morgan fingerprint density at radius 3 is 2.07 bits per heavy atom. The number of benzene rings is 3. The molecule has 1 unspecified atom stereocenters. The van der Waals surface area contributed by atoms with E-state index in [4.69, 9.17) is 27.9 Å². The van der Waals surface area contributed by atoms with Gasteiger partial charge in [0.1, 0.15) is 5.75 Å². The Morgan fingerprint density at radius 1 is 0.810 bits per heavy atom. The van der Waals surface area contributed by atoms with E-state index in [1.54, 1.807) is 12.1 Å². The van der Waals surface area contributed by atoms with Crippen LogP contribution in [0.2, 0.25) is 10.0 Å². The van der Waals surface area contributed by atoms with Gasteiger partial charge >= 0.3 is 11.9 Å². The van der Waals surface area contributed by atoms with Gasteiger partial charge in [-0.2, -0.15) is 0 Å². The molecule has 3 aromatic rings. The third-order valence-corrected chi connectivity index (χ3v) is 8.60. The van der Waals surface area contributed by atoms with E-state index >= 15 is 0 Å². The van der Waals surface area contributed by atoms with E-state index in [0.29, 0.717) is 29.5 Å². The zero-order valence-corrected chi connectivity index (χ0v) is 26.6. The first-order chi connectivity index (χ1) is 20.4. The van der Waals surface area contributed by atoms with Crippen molar-refractivity contribution in [2.75, 3.05) is 13.2 Å². The summed E-state index contributed by atoms with van der Waals surface area (Å²) in [6.07, 6.45) is 13.7. The summed E-state index contributed by atoms with van der Waals surface area (Å²) in [5.74, 6) is -1.58. The molecule has 0 radical (unpaired) electrons. The molecule has 5 nitrogen and oxygen atoms in total. The summed E-state index contributed by atoms with van der Waals surface area (Å²) >= 11 is 12.2. The number of carboxylic acid groups (broad SMARTS) is 1. The topological polar surface area (TPSA) is 66.8 Å². The van der Waals surface area contributed by atoms with Gasteiger partial charge in [0.05, 0.1) is 22.7 Å². The molecule has 3 aromatic carbocycles. The van der Waals surface area contributed by atoms with Gasteiger partial charge in [-0.15, -0.1) is 0 Å². The molecule has 0 bridgehead atoms. The second-order valence-corrected chi connectivity index (χ2v) is 11.8. The predicted molar refractivity (Wildman–Crippen MR) is 174 cm³/mol. The summed E-state index contributed by atoms with van der Waals surface area (Å²) in [4.78, 5) is 26.3. The van der Waals surface area contributed by atoms with Gasteiger partial charge in [0, 0.05) is 11.9 Å². The lowest BCUT2D eigenvalue weighted by atomic mass is 9.95. The third-order valence-electron chi connectivity index (χ3n) is 7.86. The largest absolute Gasteiger partial charge is 0.493 e. The number of ether oxygens (including phenoxy) is 1. The van der Waals surface area contributed by atoms with Crippen molar-refractivity contribution in [1.82, 2.24) is 4.90 Å². The van der Waals surface area contributed by atoms with Crippen molar-refractivity contribution < 1.29 is 19.4 Å². The minimum absolute atomic E-state index is 0.229. The summed E-state index contributed by atoms with van der Waals surface area (Å²) in [5, 5.41) is 12.5. The molecule has 0 aromatic heterocycles. The van der Waals surface area contributed by atoms with Crippen LogP contribution in [0.5, 0.6) is 5.75 Å². The molecule has 7 heteroatoms. The molecule has 0 aliphatic carbocycles. The van der Waals surface area contributed by atoms with Gasteiger partial charge < -0.3 is 14.7 Å². The molecule has 42 heavy (non-hydrogen) atoms. The minimum atomic E-state index is -1.47. The average Bonchev–Trinajstić information content (AvgIpc) is 2.99. The Hall–Kier alpha value is -2.76. The molecular weight excluding hydrogens is 569 g/mol. The summed E-state index contributed by atoms with van der Waals surface area (Å²) < 4.78 is 6.23. The maximum atomic E-state index is 12.9. The smallest absolute Gasteiger partial charge is 0.394 e. The molecule has 3 rings (SSSR count). The Labute approximate surface area is 261 Å². The Bertz CT molecular complexity index is 1300. The number of unbranched alkanes of at least 4 members (excludes halogenated alkanes) is 9. The maximum Gasteiger partial charge on any atom is 0.394 e. The number of hydrogen-bond acceptors (Lipinski definition) is 3. The third kappa shape index (κ3) is 9.91. The van der Waals surface area contributed by atoms with Crippen molar-refractivity contribution in [3.63, 3.8) is 0 Å². The minimum Gasteiger partial charge on any atom is -0.493 e. The van der Waals surface area contributed by atoms with Crippen LogP contribution in [-0.4, -0.2) is 35.0 Å². The number of carbonyl (C=O) groups excluding carboxylic acids is 1. The van der Waals surface area contributed by atoms with Crippen LogP contribution in [0.3, 0.4) is 0 Å². The van der Waals surface area contributed by atoms with Gasteiger partial charge in [0.2, 0.25) is 0 Å². The molecule has 0 saturated carbocycles. The van der Waals surface area contributed by atoms with E-state index in [1.807, 2.05) is 49.4 Å². The van der Waals surface area contributed by atoms with Gasteiger partial charge in [0.25, 0.3) is 0 Å². The molecule has 0 spiro atoms. The molecule has 1 atom stereocenters. The van der Waals surface area contributed by atoms with Crippen LogP contribution in [0.25, 0.3) is 10.8 Å². The lowest BCUT2D eigenvalue weighted by Crippen LogP contribution is -2.40. The standard InChI is InChI=1S/C35H45Cl2NO4/c1-3-5-6-7-8-9-10-11-12-15-24-42-33-21-19-28(27-16-13-14-17-29(27)33)32(4-2)38(34(39)35(40)41)23-22-26-18-20-30(36)31(37)25-26/h13-14,16-21,25,32H,3-12,15,22-24H2,1-2H3,(H,40,41). The fraction of sp³-hybridized carbons (Fsp3) is 0.486. The molecule has 0 fully saturated rings. The second kappa shape index (κ2) is 18.0. The number of halogens is 2. The Morgan fingerprint density at radius 2 is 1.45 bits per heavy atom. The highest BCUT2D eigenvalue weighted by molar-refractivity contribution is 6.42. The average molecular weight is 615 g/mol. The fourth-order valence-electron chi connectivity index (χ4n) is 5.56. The first-order valence-electron chi connectivity index (χ1n) is 15.5. The van der Waals surface area contributed by atoms with Crippen LogP contribution in [0.1, 0.15) is 102 Å². The van der Waals surface area contributed by atoms with Gasteiger partial charge in [-0.1, -0.05) is 131 Å². The summed E-state index contributed by atoms with van der Waals surface area (Å²) in [7, 11) is 0. The van der Waals surface area contributed by atoms with Crippen LogP contribution in [0.4, 0.5) is 0 Å². The Balaban J connectivity index is 1.68. The molecule has 0 saturated heterocycles. The molecule has 0 heterocycles. The fourth-order valence-corrected chi connectivity index (χ4v) is 5.88. The van der Waals surface area contributed by atoms with Crippen molar-refractivity contribution in [1.29, 1.82) is 0 Å². The number of aliphatic carboxylic acids is 1. The van der Waals surface area contributed by atoms with E-state index in [1.165, 1.54) is 56.3 Å². The van der Waals surface area contributed by atoms with Gasteiger partial charge in [0.15, 0.2) is 0 Å². The van der Waals surface area contributed by atoms with E-state index in [-0.39, 0.29) is 6.54 Å². The first-order valence-corrected chi connectivity index (χ1v) is 16.2. The maximum absolute atomic E-state index is 12.9. The lowest BCUT2D eigenvalue weighted by molar-refractivity contribution is -0.157. The van der Waals surface area contributed by atoms with Crippen LogP contribution in [0, 0.1) is 0 Å². The SMILES string of the molecule is CCCCCCCCCCCCOc1ccc(C(CC)N(CCc2ccc(Cl)c(Cl)c2)C(=O)C(=O)O)c2ccccc12. The zero-order chi connectivity index (χ0) is 30.3. The van der Waals surface area contributed by atoms with Crippen LogP contribution >= 0.6 is 23.2 Å². The van der Waals surface area contributed by atoms with E-state index in [9.17, 15) is 14.7 Å². The number of fused-ring (bicyclic) bond motifs is 1. The lowest BCUT2D eigenvalue weighted by Gasteiger charge is -2.31. The number of carboxylic acids is 1. The van der Waals surface area contributed by atoms with Crippen LogP contribution in [-0.2, 0) is 16.0 Å². The van der Waals surface area contributed by atoms with Crippen molar-refractivity contribution in [3.05, 3.63) is 75.8 Å². The number of amides is 1. The number of rotatable bonds is 18. The molecule has 1 amide bonds. The van der Waals surface area contributed by atoms with E-state index in [2.05, 4.69) is 6.92 Å². The highest BCUT2D eigenvalue weighted by Gasteiger charge is 2.29. The summed E-state index contributed by atoms with van der Waals surface area (Å²) in [5.41, 5.74) is 1.78. The molecule has 1 N–H and O–H groups in total. The van der Waals surface area contributed by atoms with Gasteiger partial charge in [-0.3, -0.25) is 4.79 Å². The highest BCUT2D eigenvalue weighted by atomic mass is 35.5. The van der Waals surface area contributed by atoms with Crippen LogP contribution < -0.4 is 4.74 Å². The van der Waals surface area contributed by atoms with Gasteiger partial charge in [-0.05, 0) is 54.0 Å². The first kappa shape index (κ1) is 33.7. The molecule has 0 aliphatic heterocycles. The monoisotopic (exact) mass is 613 g/mol. The number of carbonyl (C=O) groups is 2. The van der Waals surface area contributed by atoms with Gasteiger partial charge in [-0.25, -0.2) is 4.79 Å². The summed E-state index contributed by atoms with van der Waals surface area (Å²) in [6, 6.07) is 16.8. The Kier molecular flexibility index (Phi) is 14.5. The number of hydrogen-bond donors (Lipinski definition) is 1. The predicted octanol–water partition coefficient (Wildman–Crippen LogP) is 10.1.